The average molecular weight is 474 g/mol. The number of benzene rings is 3. The summed E-state index contributed by atoms with van der Waals surface area (Å²) in [4.78, 5) is 26.5. The third kappa shape index (κ3) is 4.65. The number of amides is 1. The van der Waals surface area contributed by atoms with Gasteiger partial charge in [0, 0.05) is 24.6 Å². The van der Waals surface area contributed by atoms with Crippen LogP contribution in [0.25, 0.3) is 11.1 Å². The van der Waals surface area contributed by atoms with Gasteiger partial charge in [-0.1, -0.05) is 42.5 Å². The maximum Gasteiger partial charge on any atom is 0.307 e. The summed E-state index contributed by atoms with van der Waals surface area (Å²) < 4.78 is 20.7. The molecule has 0 bridgehead atoms. The fraction of sp³-hybridized carbons (Fsp3) is 0.310. The minimum absolute atomic E-state index is 0.0335. The molecule has 1 heterocycles. The van der Waals surface area contributed by atoms with Gasteiger partial charge in [-0.05, 0) is 71.7 Å². The minimum Gasteiger partial charge on any atom is -0.493 e. The van der Waals surface area contributed by atoms with E-state index in [1.54, 1.807) is 24.3 Å². The molecule has 5 rings (SSSR count). The highest BCUT2D eigenvalue weighted by Crippen LogP contribution is 2.49. The maximum absolute atomic E-state index is 14.8. The number of halogens is 1. The molecule has 1 N–H and O–H groups in total. The molecule has 1 aliphatic carbocycles. The number of aliphatic carboxylic acids is 1. The lowest BCUT2D eigenvalue weighted by molar-refractivity contribution is -0.136. The number of hydrogen-bond acceptors (Lipinski definition) is 3. The molecule has 1 saturated carbocycles. The summed E-state index contributed by atoms with van der Waals surface area (Å²) in [6.45, 7) is 3.14. The summed E-state index contributed by atoms with van der Waals surface area (Å²) in [7, 11) is 0. The molecule has 6 heteroatoms. The average Bonchev–Trinajstić information content (AvgIpc) is 3.66. The van der Waals surface area contributed by atoms with Crippen molar-refractivity contribution in [1.29, 1.82) is 0 Å². The third-order valence-corrected chi connectivity index (χ3v) is 6.99. The van der Waals surface area contributed by atoms with Crippen LogP contribution in [0.3, 0.4) is 0 Å². The van der Waals surface area contributed by atoms with Crippen LogP contribution in [0.2, 0.25) is 0 Å². The van der Waals surface area contributed by atoms with Crippen molar-refractivity contribution in [3.8, 4) is 16.9 Å². The van der Waals surface area contributed by atoms with Crippen LogP contribution in [0.5, 0.6) is 5.75 Å². The molecule has 180 valence electrons. The van der Waals surface area contributed by atoms with Crippen molar-refractivity contribution in [2.45, 2.75) is 38.6 Å². The van der Waals surface area contributed by atoms with Crippen molar-refractivity contribution in [3.63, 3.8) is 0 Å². The number of rotatable bonds is 7. The number of hydrogen-bond donors (Lipinski definition) is 1. The molecule has 1 fully saturated rings. The Bertz CT molecular complexity index is 1270. The lowest BCUT2D eigenvalue weighted by Gasteiger charge is -2.31. The van der Waals surface area contributed by atoms with Gasteiger partial charge in [-0.15, -0.1) is 0 Å². The summed E-state index contributed by atoms with van der Waals surface area (Å²) in [5.74, 6) is -0.253. The van der Waals surface area contributed by atoms with Crippen molar-refractivity contribution in [3.05, 3.63) is 88.7 Å². The molecule has 35 heavy (non-hydrogen) atoms. The Morgan fingerprint density at radius 3 is 2.60 bits per heavy atom. The van der Waals surface area contributed by atoms with Gasteiger partial charge in [-0.25, -0.2) is 4.39 Å². The Kier molecular flexibility index (Phi) is 6.29. The van der Waals surface area contributed by atoms with Crippen LogP contribution in [0.1, 0.15) is 41.5 Å². The van der Waals surface area contributed by atoms with Gasteiger partial charge in [0.05, 0.1) is 13.0 Å². The molecule has 0 spiro atoms. The topological polar surface area (TPSA) is 66.8 Å². The molecule has 1 aliphatic heterocycles. The third-order valence-electron chi connectivity index (χ3n) is 6.99. The molecule has 2 atom stereocenters. The normalized spacial score (nSPS) is 18.6. The number of carboxylic acid groups (broad SMARTS) is 1. The van der Waals surface area contributed by atoms with Gasteiger partial charge in [0.1, 0.15) is 11.6 Å². The fourth-order valence-electron chi connectivity index (χ4n) is 5.20. The van der Waals surface area contributed by atoms with Crippen LogP contribution in [0.4, 0.5) is 4.39 Å². The van der Waals surface area contributed by atoms with Gasteiger partial charge in [0.2, 0.25) is 5.91 Å². The first-order chi connectivity index (χ1) is 17.0. The van der Waals surface area contributed by atoms with Crippen LogP contribution in [-0.2, 0) is 29.0 Å². The van der Waals surface area contributed by atoms with E-state index >= 15 is 0 Å². The Morgan fingerprint density at radius 1 is 1.06 bits per heavy atom. The van der Waals surface area contributed by atoms with Crippen molar-refractivity contribution in [1.82, 2.24) is 4.90 Å². The SMILES string of the molecule is CCOc1ccc(CC(=O)O)cc1-c1ccc(F)c2c1CN(C(=O)[C@@H]1C[C@H]1c1ccccc1)CC2. The van der Waals surface area contributed by atoms with E-state index in [-0.39, 0.29) is 30.0 Å². The molecule has 0 radical (unpaired) electrons. The number of carboxylic acids is 1. The van der Waals surface area contributed by atoms with Gasteiger partial charge < -0.3 is 14.7 Å². The van der Waals surface area contributed by atoms with Crippen LogP contribution in [0, 0.1) is 11.7 Å². The lowest BCUT2D eigenvalue weighted by Crippen LogP contribution is -2.37. The van der Waals surface area contributed by atoms with E-state index in [0.717, 1.165) is 23.1 Å². The van der Waals surface area contributed by atoms with Gasteiger partial charge in [-0.3, -0.25) is 9.59 Å². The molecule has 3 aromatic carbocycles. The second-order valence-electron chi connectivity index (χ2n) is 9.26. The zero-order valence-corrected chi connectivity index (χ0v) is 19.7. The minimum atomic E-state index is -0.921. The number of fused-ring (bicyclic) bond motifs is 1. The highest BCUT2D eigenvalue weighted by Gasteiger charge is 2.46. The van der Waals surface area contributed by atoms with Gasteiger partial charge in [-0.2, -0.15) is 0 Å². The van der Waals surface area contributed by atoms with E-state index in [1.165, 1.54) is 11.6 Å². The zero-order chi connectivity index (χ0) is 24.5. The molecule has 2 aliphatic rings. The van der Waals surface area contributed by atoms with E-state index in [9.17, 15) is 19.1 Å². The standard InChI is InChI=1S/C29H28FNO4/c1-2-35-27-11-8-18(15-28(32)33)14-23(27)20-9-10-26(30)21-12-13-31(17-25(20)21)29(34)24-16-22(24)19-6-4-3-5-7-19/h3-11,14,22,24H,2,12-13,15-17H2,1H3,(H,32,33)/t22-,24+/m0/s1. The summed E-state index contributed by atoms with van der Waals surface area (Å²) in [6, 6.07) is 18.6. The van der Waals surface area contributed by atoms with E-state index in [1.807, 2.05) is 30.0 Å². The predicted molar refractivity (Wildman–Crippen MR) is 131 cm³/mol. The Morgan fingerprint density at radius 2 is 1.86 bits per heavy atom. The molecule has 0 unspecified atom stereocenters. The van der Waals surface area contributed by atoms with Gasteiger partial charge >= 0.3 is 5.97 Å². The molecular weight excluding hydrogens is 445 g/mol. The van der Waals surface area contributed by atoms with Crippen molar-refractivity contribution < 1.29 is 23.8 Å². The van der Waals surface area contributed by atoms with E-state index in [0.29, 0.717) is 43.0 Å². The largest absolute Gasteiger partial charge is 0.493 e. The molecular formula is C29H28FNO4. The van der Waals surface area contributed by atoms with Crippen LogP contribution in [0.15, 0.2) is 60.7 Å². The van der Waals surface area contributed by atoms with E-state index < -0.39 is 5.97 Å². The van der Waals surface area contributed by atoms with Gasteiger partial charge in [0.25, 0.3) is 0 Å². The van der Waals surface area contributed by atoms with Crippen LogP contribution in [-0.4, -0.2) is 35.0 Å². The number of ether oxygens (including phenoxy) is 1. The molecule has 3 aromatic rings. The van der Waals surface area contributed by atoms with E-state index in [2.05, 4.69) is 12.1 Å². The summed E-state index contributed by atoms with van der Waals surface area (Å²) >= 11 is 0. The summed E-state index contributed by atoms with van der Waals surface area (Å²) in [5, 5.41) is 9.26. The summed E-state index contributed by atoms with van der Waals surface area (Å²) in [5.41, 5.74) is 4.73. The number of carbonyl (C=O) groups excluding carboxylic acids is 1. The van der Waals surface area contributed by atoms with E-state index in [4.69, 9.17) is 4.74 Å². The van der Waals surface area contributed by atoms with Crippen LogP contribution >= 0.6 is 0 Å². The predicted octanol–water partition coefficient (Wildman–Crippen LogP) is 5.21. The Balaban J connectivity index is 1.47. The maximum atomic E-state index is 14.8. The number of carbonyl (C=O) groups is 2. The molecule has 5 nitrogen and oxygen atoms in total. The Hall–Kier alpha value is -3.67. The lowest BCUT2D eigenvalue weighted by atomic mass is 9.89. The first kappa shape index (κ1) is 23.1. The van der Waals surface area contributed by atoms with Gasteiger partial charge in [0.15, 0.2) is 0 Å². The molecule has 0 aromatic heterocycles. The zero-order valence-electron chi connectivity index (χ0n) is 19.7. The smallest absolute Gasteiger partial charge is 0.307 e. The quantitative estimate of drug-likeness (QED) is 0.512. The first-order valence-electron chi connectivity index (χ1n) is 12.1. The fourth-order valence-corrected chi connectivity index (χ4v) is 5.20. The monoisotopic (exact) mass is 473 g/mol. The second kappa shape index (κ2) is 9.53. The van der Waals surface area contributed by atoms with Crippen LogP contribution < -0.4 is 4.74 Å². The first-order valence-corrected chi connectivity index (χ1v) is 12.1. The second-order valence-corrected chi connectivity index (χ2v) is 9.26. The number of nitrogens with zero attached hydrogens (tertiary/aromatic N) is 1. The molecule has 0 saturated heterocycles. The Labute approximate surface area is 204 Å². The highest BCUT2D eigenvalue weighted by molar-refractivity contribution is 5.84. The van der Waals surface area contributed by atoms with Crippen molar-refractivity contribution in [2.75, 3.05) is 13.2 Å². The molecule has 1 amide bonds. The summed E-state index contributed by atoms with van der Waals surface area (Å²) in [6.07, 6.45) is 1.17. The highest BCUT2D eigenvalue weighted by atomic mass is 19.1. The van der Waals surface area contributed by atoms with Crippen molar-refractivity contribution in [2.24, 2.45) is 5.92 Å². The van der Waals surface area contributed by atoms with Crippen molar-refractivity contribution >= 4 is 11.9 Å².